The number of benzene rings is 1. The maximum absolute atomic E-state index is 12.4. The molecule has 1 amide bonds. The topological polar surface area (TPSA) is 40.5 Å². The third-order valence-electron chi connectivity index (χ3n) is 3.28. The molecule has 2 rings (SSSR count). The van der Waals surface area contributed by atoms with Crippen LogP contribution in [-0.2, 0) is 0 Å². The third kappa shape index (κ3) is 2.87. The first-order chi connectivity index (χ1) is 8.63. The lowest BCUT2D eigenvalue weighted by atomic mass is 9.91. The normalized spacial score (nSPS) is 15.3. The molecule has 0 aliphatic heterocycles. The first-order valence-electron chi connectivity index (χ1n) is 6.00. The molecule has 1 N–H and O–H groups in total. The van der Waals surface area contributed by atoms with Crippen LogP contribution in [0, 0.1) is 0 Å². The molecular weight excluding hydrogens is 318 g/mol. The molecule has 1 aromatic rings. The summed E-state index contributed by atoms with van der Waals surface area (Å²) in [6.07, 6.45) is 3.21. The van der Waals surface area contributed by atoms with Crippen molar-refractivity contribution in [2.75, 3.05) is 13.2 Å². The van der Waals surface area contributed by atoms with Gasteiger partial charge >= 0.3 is 0 Å². The SMILES string of the molecule is O=C(c1ccc(Cl)c(Br)c1)N(CCO)C1CCC1. The van der Waals surface area contributed by atoms with E-state index in [1.807, 2.05) is 0 Å². The van der Waals surface area contributed by atoms with Gasteiger partial charge in [-0.1, -0.05) is 11.6 Å². The highest BCUT2D eigenvalue weighted by atomic mass is 79.9. The van der Waals surface area contributed by atoms with E-state index in [1.165, 1.54) is 0 Å². The Morgan fingerprint density at radius 2 is 2.22 bits per heavy atom. The lowest BCUT2D eigenvalue weighted by Crippen LogP contribution is -2.45. The summed E-state index contributed by atoms with van der Waals surface area (Å²) >= 11 is 9.23. The fourth-order valence-corrected chi connectivity index (χ4v) is 2.55. The average molecular weight is 333 g/mol. The van der Waals surface area contributed by atoms with Crippen molar-refractivity contribution in [1.82, 2.24) is 4.90 Å². The third-order valence-corrected chi connectivity index (χ3v) is 4.50. The summed E-state index contributed by atoms with van der Waals surface area (Å²) in [6.45, 7) is 0.390. The maximum Gasteiger partial charge on any atom is 0.254 e. The van der Waals surface area contributed by atoms with Gasteiger partial charge < -0.3 is 10.0 Å². The number of aliphatic hydroxyl groups excluding tert-OH is 1. The molecule has 0 bridgehead atoms. The molecule has 0 aromatic heterocycles. The predicted molar refractivity (Wildman–Crippen MR) is 74.9 cm³/mol. The van der Waals surface area contributed by atoms with Crippen LogP contribution in [0.25, 0.3) is 0 Å². The highest BCUT2D eigenvalue weighted by molar-refractivity contribution is 9.10. The molecule has 1 fully saturated rings. The molecule has 5 heteroatoms. The minimum atomic E-state index is -0.0360. The Hall–Kier alpha value is -0.580. The summed E-state index contributed by atoms with van der Waals surface area (Å²) < 4.78 is 0.715. The summed E-state index contributed by atoms with van der Waals surface area (Å²) in [6, 6.07) is 5.43. The zero-order valence-electron chi connectivity index (χ0n) is 9.90. The van der Waals surface area contributed by atoms with Gasteiger partial charge in [-0.25, -0.2) is 0 Å². The van der Waals surface area contributed by atoms with Crippen LogP contribution < -0.4 is 0 Å². The number of nitrogens with zero attached hydrogens (tertiary/aromatic N) is 1. The molecule has 0 atom stereocenters. The van der Waals surface area contributed by atoms with Gasteiger partial charge in [0.05, 0.1) is 11.6 Å². The second-order valence-corrected chi connectivity index (χ2v) is 5.70. The Labute approximate surface area is 120 Å². The van der Waals surface area contributed by atoms with Crippen molar-refractivity contribution >= 4 is 33.4 Å². The number of hydrogen-bond donors (Lipinski definition) is 1. The zero-order valence-corrected chi connectivity index (χ0v) is 12.2. The minimum absolute atomic E-state index is 0.00298. The molecule has 1 aliphatic carbocycles. The number of amides is 1. The van der Waals surface area contributed by atoms with Crippen molar-refractivity contribution in [2.45, 2.75) is 25.3 Å². The first kappa shape index (κ1) is 13.8. The lowest BCUT2D eigenvalue weighted by Gasteiger charge is -2.37. The molecule has 3 nitrogen and oxygen atoms in total. The van der Waals surface area contributed by atoms with E-state index in [0.717, 1.165) is 19.3 Å². The molecule has 0 radical (unpaired) electrons. The van der Waals surface area contributed by atoms with Crippen LogP contribution in [0.4, 0.5) is 0 Å². The number of hydrogen-bond acceptors (Lipinski definition) is 2. The Kier molecular flexibility index (Phi) is 4.65. The standard InChI is InChI=1S/C13H15BrClNO2/c14-11-8-9(4-5-12(11)15)13(18)16(6-7-17)10-2-1-3-10/h4-5,8,10,17H,1-3,6-7H2. The summed E-state index contributed by atoms with van der Waals surface area (Å²) in [4.78, 5) is 14.1. The van der Waals surface area contributed by atoms with E-state index in [1.54, 1.807) is 23.1 Å². The zero-order chi connectivity index (χ0) is 13.1. The van der Waals surface area contributed by atoms with E-state index in [-0.39, 0.29) is 18.6 Å². The van der Waals surface area contributed by atoms with Gasteiger partial charge in [-0.05, 0) is 53.4 Å². The molecule has 18 heavy (non-hydrogen) atoms. The van der Waals surface area contributed by atoms with Crippen molar-refractivity contribution in [3.05, 3.63) is 33.3 Å². The largest absolute Gasteiger partial charge is 0.395 e. The lowest BCUT2D eigenvalue weighted by molar-refractivity contribution is 0.0526. The Morgan fingerprint density at radius 1 is 1.50 bits per heavy atom. The molecule has 1 saturated carbocycles. The van der Waals surface area contributed by atoms with E-state index < -0.39 is 0 Å². The minimum Gasteiger partial charge on any atom is -0.395 e. The molecule has 98 valence electrons. The number of rotatable bonds is 4. The van der Waals surface area contributed by atoms with Gasteiger partial charge in [0, 0.05) is 22.6 Å². The van der Waals surface area contributed by atoms with Crippen LogP contribution >= 0.6 is 27.5 Å². The van der Waals surface area contributed by atoms with Gasteiger partial charge in [0.25, 0.3) is 5.91 Å². The van der Waals surface area contributed by atoms with Crippen LogP contribution in [0.15, 0.2) is 22.7 Å². The fourth-order valence-electron chi connectivity index (χ4n) is 2.05. The van der Waals surface area contributed by atoms with Gasteiger partial charge in [0.1, 0.15) is 0 Å². The summed E-state index contributed by atoms with van der Waals surface area (Å²) in [5, 5.41) is 9.66. The van der Waals surface area contributed by atoms with Gasteiger partial charge in [-0.3, -0.25) is 4.79 Å². The molecule has 0 spiro atoms. The first-order valence-corrected chi connectivity index (χ1v) is 7.17. The van der Waals surface area contributed by atoms with Crippen molar-refractivity contribution in [3.8, 4) is 0 Å². The van der Waals surface area contributed by atoms with Crippen molar-refractivity contribution < 1.29 is 9.90 Å². The summed E-state index contributed by atoms with van der Waals surface area (Å²) in [5.41, 5.74) is 0.603. The predicted octanol–water partition coefficient (Wildman–Crippen LogP) is 3.09. The Balaban J connectivity index is 2.18. The van der Waals surface area contributed by atoms with Crippen molar-refractivity contribution in [1.29, 1.82) is 0 Å². The Morgan fingerprint density at radius 3 is 2.72 bits per heavy atom. The van der Waals surface area contributed by atoms with E-state index in [4.69, 9.17) is 16.7 Å². The van der Waals surface area contributed by atoms with Gasteiger partial charge in [-0.15, -0.1) is 0 Å². The molecule has 0 unspecified atom stereocenters. The summed E-state index contributed by atoms with van der Waals surface area (Å²) in [7, 11) is 0. The Bertz CT molecular complexity index is 449. The molecule has 1 aromatic carbocycles. The van der Waals surface area contributed by atoms with Crippen LogP contribution in [0.2, 0.25) is 5.02 Å². The summed E-state index contributed by atoms with van der Waals surface area (Å²) in [5.74, 6) is -0.0360. The van der Waals surface area contributed by atoms with Crippen LogP contribution in [0.3, 0.4) is 0 Å². The second kappa shape index (κ2) is 6.04. The van der Waals surface area contributed by atoms with Gasteiger partial charge in [0.2, 0.25) is 0 Å². The highest BCUT2D eigenvalue weighted by Gasteiger charge is 2.29. The second-order valence-electron chi connectivity index (χ2n) is 4.44. The number of carbonyl (C=O) groups excluding carboxylic acids is 1. The monoisotopic (exact) mass is 331 g/mol. The van der Waals surface area contributed by atoms with Crippen LogP contribution in [0.5, 0.6) is 0 Å². The van der Waals surface area contributed by atoms with E-state index in [9.17, 15) is 4.79 Å². The van der Waals surface area contributed by atoms with Crippen molar-refractivity contribution in [3.63, 3.8) is 0 Å². The van der Waals surface area contributed by atoms with Crippen LogP contribution in [0.1, 0.15) is 29.6 Å². The highest BCUT2D eigenvalue weighted by Crippen LogP contribution is 2.28. The molecular formula is C13H15BrClNO2. The van der Waals surface area contributed by atoms with Gasteiger partial charge in [-0.2, -0.15) is 0 Å². The number of carbonyl (C=O) groups is 1. The van der Waals surface area contributed by atoms with Crippen LogP contribution in [-0.4, -0.2) is 35.1 Å². The number of aliphatic hydroxyl groups is 1. The quantitative estimate of drug-likeness (QED) is 0.920. The van der Waals surface area contributed by atoms with E-state index in [0.29, 0.717) is 21.6 Å². The fraction of sp³-hybridized carbons (Fsp3) is 0.462. The molecule has 0 saturated heterocycles. The van der Waals surface area contributed by atoms with E-state index in [2.05, 4.69) is 15.9 Å². The van der Waals surface area contributed by atoms with E-state index >= 15 is 0 Å². The van der Waals surface area contributed by atoms with Gasteiger partial charge in [0.15, 0.2) is 0 Å². The van der Waals surface area contributed by atoms with Crippen molar-refractivity contribution in [2.24, 2.45) is 0 Å². The average Bonchev–Trinajstić information content (AvgIpc) is 2.29. The smallest absolute Gasteiger partial charge is 0.254 e. The number of halogens is 2. The molecule has 0 heterocycles. The molecule has 1 aliphatic rings. The maximum atomic E-state index is 12.4.